The Bertz CT molecular complexity index is 294. The number of carbonyl (C=O) groups excluding carboxylic acids is 1. The second kappa shape index (κ2) is 3.34. The number of pyridine rings is 1. The lowest BCUT2D eigenvalue weighted by molar-refractivity contribution is -0.559. The Morgan fingerprint density at radius 2 is 2.08 bits per heavy atom. The maximum absolute atomic E-state index is 11.1. The number of hydrogen-bond donors (Lipinski definition) is 0. The number of carbonyl (C=O) groups is 1. The van der Waals surface area contributed by atoms with E-state index in [1.165, 1.54) is 0 Å². The van der Waals surface area contributed by atoms with E-state index in [2.05, 4.69) is 0 Å². The normalized spacial score (nSPS) is 9.58. The van der Waals surface area contributed by atoms with Crippen molar-refractivity contribution in [2.45, 2.75) is 6.92 Å². The van der Waals surface area contributed by atoms with Gasteiger partial charge in [-0.1, -0.05) is 6.07 Å². The summed E-state index contributed by atoms with van der Waals surface area (Å²) in [6.45, 7) is 1.55. The van der Waals surface area contributed by atoms with Crippen LogP contribution in [-0.2, 0) is 0 Å². The first-order chi connectivity index (χ1) is 5.63. The Balaban J connectivity index is 3.17. The van der Waals surface area contributed by atoms with Gasteiger partial charge in [-0.25, -0.2) is 4.79 Å². The molecule has 12 heavy (non-hydrogen) atoms. The summed E-state index contributed by atoms with van der Waals surface area (Å²) in [5.41, 5.74) is 0. The molecule has 0 spiro atoms. The zero-order valence-electron chi connectivity index (χ0n) is 7.61. The van der Waals surface area contributed by atoms with Crippen LogP contribution in [-0.4, -0.2) is 20.0 Å². The van der Waals surface area contributed by atoms with Crippen molar-refractivity contribution in [1.82, 2.24) is 0 Å². The highest BCUT2D eigenvalue weighted by atomic mass is 16.1. The Morgan fingerprint density at radius 3 is 2.50 bits per heavy atom. The molecule has 3 nitrogen and oxygen atoms in total. The topological polar surface area (TPSA) is 24.2 Å². The molecule has 0 saturated heterocycles. The summed E-state index contributed by atoms with van der Waals surface area (Å²) in [5.74, 6) is 0.921. The van der Waals surface area contributed by atoms with Crippen LogP contribution in [0, 0.1) is 0 Å². The Kier molecular flexibility index (Phi) is 2.43. The first-order valence-corrected chi connectivity index (χ1v) is 3.82. The summed E-state index contributed by atoms with van der Waals surface area (Å²) >= 11 is 0. The molecular weight excluding hydrogens is 152 g/mol. The molecule has 3 heteroatoms. The lowest BCUT2D eigenvalue weighted by Crippen LogP contribution is -2.44. The minimum atomic E-state index is 0.0271. The minimum absolute atomic E-state index is 0.0271. The first kappa shape index (κ1) is 8.71. The molecular formula is C9H13N2O+. The van der Waals surface area contributed by atoms with Gasteiger partial charge in [0.2, 0.25) is 0 Å². The van der Waals surface area contributed by atoms with Gasteiger partial charge in [0.1, 0.15) is 0 Å². The van der Waals surface area contributed by atoms with E-state index in [0.29, 0.717) is 0 Å². The van der Waals surface area contributed by atoms with Crippen molar-refractivity contribution in [2.24, 2.45) is 0 Å². The Hall–Kier alpha value is -1.38. The molecule has 0 amide bonds. The third kappa shape index (κ3) is 1.61. The summed E-state index contributed by atoms with van der Waals surface area (Å²) < 4.78 is 1.61. The Morgan fingerprint density at radius 1 is 1.42 bits per heavy atom. The molecule has 1 heterocycles. The SMILES string of the molecule is CC(=O)[n+]1ccccc1N(C)C. The molecule has 0 aliphatic rings. The highest BCUT2D eigenvalue weighted by Gasteiger charge is 2.12. The fourth-order valence-electron chi connectivity index (χ4n) is 1.06. The first-order valence-electron chi connectivity index (χ1n) is 3.82. The van der Waals surface area contributed by atoms with Crippen molar-refractivity contribution >= 4 is 11.7 Å². The van der Waals surface area contributed by atoms with Crippen molar-refractivity contribution in [3.05, 3.63) is 24.4 Å². The molecule has 0 aliphatic carbocycles. The lowest BCUT2D eigenvalue weighted by Gasteiger charge is -2.07. The summed E-state index contributed by atoms with van der Waals surface area (Å²) in [7, 11) is 3.82. The highest BCUT2D eigenvalue weighted by molar-refractivity contribution is 5.65. The van der Waals surface area contributed by atoms with Gasteiger partial charge in [-0.3, -0.25) is 4.90 Å². The van der Waals surface area contributed by atoms with Crippen LogP contribution in [0.1, 0.15) is 11.7 Å². The quantitative estimate of drug-likeness (QED) is 0.572. The van der Waals surface area contributed by atoms with Crippen molar-refractivity contribution in [3.63, 3.8) is 0 Å². The summed E-state index contributed by atoms with van der Waals surface area (Å²) in [6.07, 6.45) is 1.76. The van der Waals surface area contributed by atoms with Gasteiger partial charge in [0.25, 0.3) is 5.82 Å². The summed E-state index contributed by atoms with van der Waals surface area (Å²) in [5, 5.41) is 0. The summed E-state index contributed by atoms with van der Waals surface area (Å²) in [6, 6.07) is 5.66. The van der Waals surface area contributed by atoms with E-state index < -0.39 is 0 Å². The van der Waals surface area contributed by atoms with Crippen molar-refractivity contribution in [1.29, 1.82) is 0 Å². The van der Waals surface area contributed by atoms with Crippen molar-refractivity contribution < 1.29 is 9.36 Å². The van der Waals surface area contributed by atoms with Gasteiger partial charge in [-0.05, 0) is 6.07 Å². The van der Waals surface area contributed by atoms with E-state index in [4.69, 9.17) is 0 Å². The maximum Gasteiger partial charge on any atom is 0.311 e. The van der Waals surface area contributed by atoms with Gasteiger partial charge in [0.15, 0.2) is 0 Å². The average Bonchev–Trinajstić information content (AvgIpc) is 2.04. The van der Waals surface area contributed by atoms with Crippen LogP contribution < -0.4 is 9.47 Å². The molecule has 0 radical (unpaired) electrons. The fraction of sp³-hybridized carbons (Fsp3) is 0.333. The fourth-order valence-corrected chi connectivity index (χ4v) is 1.06. The molecule has 0 saturated carbocycles. The van der Waals surface area contributed by atoms with Crippen molar-refractivity contribution in [3.8, 4) is 0 Å². The standard InChI is InChI=1S/C9H13N2O/c1-8(12)11-7-5-4-6-9(11)10(2)3/h4-7H,1-3H3/q+1. The zero-order valence-corrected chi connectivity index (χ0v) is 7.61. The van der Waals surface area contributed by atoms with E-state index in [0.717, 1.165) is 5.82 Å². The second-order valence-corrected chi connectivity index (χ2v) is 2.84. The molecule has 0 fully saturated rings. The monoisotopic (exact) mass is 165 g/mol. The molecule has 1 aromatic heterocycles. The number of rotatable bonds is 1. The minimum Gasteiger partial charge on any atom is -0.267 e. The second-order valence-electron chi connectivity index (χ2n) is 2.84. The van der Waals surface area contributed by atoms with Gasteiger partial charge >= 0.3 is 5.91 Å². The van der Waals surface area contributed by atoms with Crippen LogP contribution in [0.15, 0.2) is 24.4 Å². The van der Waals surface area contributed by atoms with E-state index in [1.54, 1.807) is 17.7 Å². The van der Waals surface area contributed by atoms with E-state index >= 15 is 0 Å². The number of nitrogens with zero attached hydrogens (tertiary/aromatic N) is 2. The molecule has 0 aromatic carbocycles. The molecule has 0 N–H and O–H groups in total. The third-order valence-electron chi connectivity index (χ3n) is 1.64. The van der Waals surface area contributed by atoms with Crippen LogP contribution in [0.3, 0.4) is 0 Å². The van der Waals surface area contributed by atoms with Gasteiger partial charge < -0.3 is 0 Å². The van der Waals surface area contributed by atoms with E-state index in [9.17, 15) is 4.79 Å². The van der Waals surface area contributed by atoms with E-state index in [-0.39, 0.29) is 5.91 Å². The molecule has 0 bridgehead atoms. The molecule has 0 atom stereocenters. The smallest absolute Gasteiger partial charge is 0.267 e. The largest absolute Gasteiger partial charge is 0.311 e. The highest BCUT2D eigenvalue weighted by Crippen LogP contribution is 2.01. The number of aromatic nitrogens is 1. The molecule has 1 rings (SSSR count). The van der Waals surface area contributed by atoms with Crippen LogP contribution >= 0.6 is 0 Å². The average molecular weight is 165 g/mol. The van der Waals surface area contributed by atoms with E-state index in [1.807, 2.05) is 37.2 Å². The lowest BCUT2D eigenvalue weighted by atomic mass is 10.4. The predicted octanol–water partition coefficient (Wildman–Crippen LogP) is 0.700. The van der Waals surface area contributed by atoms with Crippen molar-refractivity contribution in [2.75, 3.05) is 19.0 Å². The number of anilines is 1. The van der Waals surface area contributed by atoms with Gasteiger partial charge in [0.05, 0.1) is 20.3 Å². The maximum atomic E-state index is 11.1. The zero-order chi connectivity index (χ0) is 9.14. The molecule has 0 unspecified atom stereocenters. The third-order valence-corrected chi connectivity index (χ3v) is 1.64. The molecule has 0 aliphatic heterocycles. The molecule has 1 aromatic rings. The Labute approximate surface area is 72.2 Å². The van der Waals surface area contributed by atoms with Gasteiger partial charge in [-0.15, -0.1) is 0 Å². The van der Waals surface area contributed by atoms with Gasteiger partial charge in [-0.2, -0.15) is 4.57 Å². The summed E-state index contributed by atoms with van der Waals surface area (Å²) in [4.78, 5) is 13.0. The molecule has 64 valence electrons. The number of hydrogen-bond acceptors (Lipinski definition) is 2. The van der Waals surface area contributed by atoms with Crippen LogP contribution in [0.5, 0.6) is 0 Å². The van der Waals surface area contributed by atoms with Gasteiger partial charge in [0, 0.05) is 13.0 Å². The predicted molar refractivity (Wildman–Crippen MR) is 47.3 cm³/mol. The van der Waals surface area contributed by atoms with Crippen LogP contribution in [0.4, 0.5) is 5.82 Å². The van der Waals surface area contributed by atoms with Crippen LogP contribution in [0.25, 0.3) is 0 Å². The van der Waals surface area contributed by atoms with Crippen LogP contribution in [0.2, 0.25) is 0 Å².